The number of unbranched alkanes of at least 4 members (excludes halogenated alkanes) is 1. The molecule has 2 saturated carbocycles. The highest BCUT2D eigenvalue weighted by Gasteiger charge is 2.36. The van der Waals surface area contributed by atoms with Crippen molar-refractivity contribution in [3.05, 3.63) is 41.7 Å². The lowest BCUT2D eigenvalue weighted by molar-refractivity contribution is -0.275. The molecule has 1 aromatic carbocycles. The number of benzene rings is 1. The molecule has 4 atom stereocenters. The average Bonchev–Trinajstić information content (AvgIpc) is 2.62. The standard InChI is InChI=1S/C22H28F4O/c1-2-3-4-5-15-6-7-17-13-18(9-8-16(17)12-15)19-10-11-21(20(23)14-19)27-22(24,25)26/h4-5,10-11,14-18H,2-3,6-9,12-13H2,1H3/t15-,16-,17-,18?/m1/s1. The summed E-state index contributed by atoms with van der Waals surface area (Å²) in [7, 11) is 0. The first-order valence-corrected chi connectivity index (χ1v) is 10.1. The molecule has 2 aliphatic rings. The molecule has 5 heteroatoms. The van der Waals surface area contributed by atoms with E-state index in [1.54, 1.807) is 6.07 Å². The predicted molar refractivity (Wildman–Crippen MR) is 98.0 cm³/mol. The summed E-state index contributed by atoms with van der Waals surface area (Å²) in [5, 5.41) is 0. The topological polar surface area (TPSA) is 9.23 Å². The third-order valence-electron chi connectivity index (χ3n) is 6.17. The molecule has 0 heterocycles. The Balaban J connectivity index is 1.59. The van der Waals surface area contributed by atoms with Gasteiger partial charge in [0.25, 0.3) is 0 Å². The van der Waals surface area contributed by atoms with Gasteiger partial charge < -0.3 is 4.74 Å². The maximum Gasteiger partial charge on any atom is 0.573 e. The van der Waals surface area contributed by atoms with Crippen molar-refractivity contribution in [2.24, 2.45) is 17.8 Å². The van der Waals surface area contributed by atoms with E-state index in [0.717, 1.165) is 43.2 Å². The molecule has 27 heavy (non-hydrogen) atoms. The summed E-state index contributed by atoms with van der Waals surface area (Å²) in [5.74, 6) is 0.604. The number of halogens is 4. The van der Waals surface area contributed by atoms with Crippen molar-refractivity contribution >= 4 is 0 Å². The van der Waals surface area contributed by atoms with Gasteiger partial charge in [-0.25, -0.2) is 4.39 Å². The van der Waals surface area contributed by atoms with Gasteiger partial charge in [-0.05, 0) is 86.3 Å². The summed E-state index contributed by atoms with van der Waals surface area (Å²) in [6.07, 6.45) is 8.91. The van der Waals surface area contributed by atoms with Crippen LogP contribution in [0.4, 0.5) is 17.6 Å². The number of alkyl halides is 3. The first-order valence-electron chi connectivity index (χ1n) is 10.1. The van der Waals surface area contributed by atoms with E-state index in [2.05, 4.69) is 23.8 Å². The third-order valence-corrected chi connectivity index (χ3v) is 6.17. The molecule has 1 aromatic rings. The van der Waals surface area contributed by atoms with Crippen LogP contribution in [0.1, 0.15) is 69.8 Å². The van der Waals surface area contributed by atoms with Crippen molar-refractivity contribution in [1.29, 1.82) is 0 Å². The van der Waals surface area contributed by atoms with Gasteiger partial charge in [-0.15, -0.1) is 13.2 Å². The summed E-state index contributed by atoms with van der Waals surface area (Å²) in [5.41, 5.74) is 0.797. The zero-order valence-corrected chi connectivity index (χ0v) is 15.8. The van der Waals surface area contributed by atoms with Crippen LogP contribution in [0.25, 0.3) is 0 Å². The first-order chi connectivity index (χ1) is 12.9. The molecule has 0 aliphatic heterocycles. The van der Waals surface area contributed by atoms with Crippen LogP contribution in [-0.4, -0.2) is 6.36 Å². The smallest absolute Gasteiger partial charge is 0.403 e. The van der Waals surface area contributed by atoms with Crippen molar-refractivity contribution in [3.8, 4) is 5.75 Å². The third kappa shape index (κ3) is 5.49. The zero-order chi connectivity index (χ0) is 19.4. The van der Waals surface area contributed by atoms with E-state index in [4.69, 9.17) is 0 Å². The molecule has 0 amide bonds. The van der Waals surface area contributed by atoms with Crippen molar-refractivity contribution in [1.82, 2.24) is 0 Å². The van der Waals surface area contributed by atoms with Crippen LogP contribution in [0.5, 0.6) is 5.75 Å². The van der Waals surface area contributed by atoms with Crippen LogP contribution in [-0.2, 0) is 0 Å². The Morgan fingerprint density at radius 2 is 1.81 bits per heavy atom. The van der Waals surface area contributed by atoms with Crippen molar-refractivity contribution in [3.63, 3.8) is 0 Å². The fourth-order valence-corrected chi connectivity index (χ4v) is 4.84. The molecule has 3 rings (SSSR count). The highest BCUT2D eigenvalue weighted by Crippen LogP contribution is 2.48. The molecular formula is C22H28F4O. The van der Waals surface area contributed by atoms with Gasteiger partial charge in [0, 0.05) is 0 Å². The molecule has 0 bridgehead atoms. The predicted octanol–water partition coefficient (Wildman–Crippen LogP) is 7.38. The van der Waals surface area contributed by atoms with E-state index < -0.39 is 17.9 Å². The number of rotatable bonds is 5. The summed E-state index contributed by atoms with van der Waals surface area (Å²) in [4.78, 5) is 0. The first kappa shape index (κ1) is 20.2. The second-order valence-corrected chi connectivity index (χ2v) is 8.06. The molecule has 0 aromatic heterocycles. The van der Waals surface area contributed by atoms with Crippen molar-refractivity contribution < 1.29 is 22.3 Å². The Hall–Kier alpha value is -1.52. The second kappa shape index (κ2) is 8.66. The maximum atomic E-state index is 14.0. The molecule has 2 aliphatic carbocycles. The van der Waals surface area contributed by atoms with Gasteiger partial charge in [0.1, 0.15) is 0 Å². The Kier molecular flexibility index (Phi) is 6.48. The van der Waals surface area contributed by atoms with E-state index in [0.29, 0.717) is 11.8 Å². The fourth-order valence-electron chi connectivity index (χ4n) is 4.84. The summed E-state index contributed by atoms with van der Waals surface area (Å²) >= 11 is 0. The van der Waals surface area contributed by atoms with E-state index in [9.17, 15) is 17.6 Å². The summed E-state index contributed by atoms with van der Waals surface area (Å²) in [6.45, 7) is 2.19. The number of allylic oxidation sites excluding steroid dienone is 2. The average molecular weight is 384 g/mol. The largest absolute Gasteiger partial charge is 0.573 e. The summed E-state index contributed by atoms with van der Waals surface area (Å²) < 4.78 is 54.7. The van der Waals surface area contributed by atoms with Gasteiger partial charge in [0.05, 0.1) is 0 Å². The van der Waals surface area contributed by atoms with E-state index in [1.165, 1.54) is 31.7 Å². The Morgan fingerprint density at radius 3 is 2.52 bits per heavy atom. The van der Waals surface area contributed by atoms with Crippen molar-refractivity contribution in [2.45, 2.75) is 70.6 Å². The molecule has 1 nitrogen and oxygen atoms in total. The molecular weight excluding hydrogens is 356 g/mol. The monoisotopic (exact) mass is 384 g/mol. The fraction of sp³-hybridized carbons (Fsp3) is 0.636. The van der Waals surface area contributed by atoms with Crippen LogP contribution in [0.2, 0.25) is 0 Å². The molecule has 0 saturated heterocycles. The number of ether oxygens (including phenoxy) is 1. The quantitative estimate of drug-likeness (QED) is 0.380. The van der Waals surface area contributed by atoms with Crippen LogP contribution >= 0.6 is 0 Å². The van der Waals surface area contributed by atoms with Gasteiger partial charge in [0.15, 0.2) is 11.6 Å². The van der Waals surface area contributed by atoms with Crippen molar-refractivity contribution in [2.75, 3.05) is 0 Å². The molecule has 2 fully saturated rings. The molecule has 0 N–H and O–H groups in total. The summed E-state index contributed by atoms with van der Waals surface area (Å²) in [6, 6.07) is 3.93. The van der Waals surface area contributed by atoms with Crippen LogP contribution in [0.15, 0.2) is 30.4 Å². The Morgan fingerprint density at radius 1 is 1.07 bits per heavy atom. The highest BCUT2D eigenvalue weighted by molar-refractivity contribution is 5.32. The minimum atomic E-state index is -4.87. The Labute approximate surface area is 158 Å². The lowest BCUT2D eigenvalue weighted by Crippen LogP contribution is -2.30. The second-order valence-electron chi connectivity index (χ2n) is 8.06. The van der Waals surface area contributed by atoms with Crippen LogP contribution < -0.4 is 4.74 Å². The van der Waals surface area contributed by atoms with Gasteiger partial charge in [-0.2, -0.15) is 0 Å². The molecule has 0 radical (unpaired) electrons. The SMILES string of the molecule is CCCC=C[C@@H]1CC[C@@H]2CC(c3ccc(OC(F)(F)F)c(F)c3)CC[C@@H]2C1. The number of hydrogen-bond donors (Lipinski definition) is 0. The van der Waals surface area contributed by atoms with E-state index in [-0.39, 0.29) is 5.92 Å². The van der Waals surface area contributed by atoms with Gasteiger partial charge in [-0.1, -0.05) is 31.6 Å². The number of fused-ring (bicyclic) bond motifs is 1. The molecule has 1 unspecified atom stereocenters. The van der Waals surface area contributed by atoms with Gasteiger partial charge in [0.2, 0.25) is 0 Å². The highest BCUT2D eigenvalue weighted by atomic mass is 19.4. The lowest BCUT2D eigenvalue weighted by Gasteiger charge is -2.42. The molecule has 150 valence electrons. The molecule has 0 spiro atoms. The van der Waals surface area contributed by atoms with Crippen LogP contribution in [0, 0.1) is 23.6 Å². The van der Waals surface area contributed by atoms with Gasteiger partial charge in [-0.3, -0.25) is 0 Å². The minimum Gasteiger partial charge on any atom is -0.403 e. The van der Waals surface area contributed by atoms with Gasteiger partial charge >= 0.3 is 6.36 Å². The maximum absolute atomic E-state index is 14.0. The van der Waals surface area contributed by atoms with E-state index >= 15 is 0 Å². The minimum absolute atomic E-state index is 0.230. The zero-order valence-electron chi connectivity index (χ0n) is 15.8. The number of hydrogen-bond acceptors (Lipinski definition) is 1. The van der Waals surface area contributed by atoms with Crippen LogP contribution in [0.3, 0.4) is 0 Å². The Bertz CT molecular complexity index is 652. The lowest BCUT2D eigenvalue weighted by atomic mass is 9.64. The van der Waals surface area contributed by atoms with E-state index in [1.807, 2.05) is 0 Å². The normalized spacial score (nSPS) is 28.9.